The van der Waals surface area contributed by atoms with Gasteiger partial charge in [-0.05, 0) is 29.8 Å². The molecule has 0 saturated carbocycles. The monoisotopic (exact) mass is 418 g/mol. The highest BCUT2D eigenvalue weighted by Gasteiger charge is 2.09. The smallest absolute Gasteiger partial charge is 0.251 e. The van der Waals surface area contributed by atoms with Gasteiger partial charge < -0.3 is 15.5 Å². The number of quaternary nitrogens is 1. The van der Waals surface area contributed by atoms with Gasteiger partial charge >= 0.3 is 0 Å². The lowest BCUT2D eigenvalue weighted by Gasteiger charge is -2.13. The van der Waals surface area contributed by atoms with Gasteiger partial charge in [0.05, 0.1) is 14.1 Å². The second-order valence-electron chi connectivity index (χ2n) is 6.44. The number of carbonyl (C=O) groups is 2. The highest BCUT2D eigenvalue weighted by Crippen LogP contribution is 2.10. The minimum Gasteiger partial charge on any atom is -0.352 e. The Kier molecular flexibility index (Phi) is 7.81. The molecule has 138 valence electrons. The fourth-order valence-electron chi connectivity index (χ4n) is 2.56. The molecule has 2 aromatic carbocycles. The van der Waals surface area contributed by atoms with Gasteiger partial charge in [0, 0.05) is 35.1 Å². The van der Waals surface area contributed by atoms with Crippen LogP contribution < -0.4 is 15.5 Å². The largest absolute Gasteiger partial charge is 0.352 e. The van der Waals surface area contributed by atoms with Crippen molar-refractivity contribution in [3.05, 3.63) is 69.7 Å². The summed E-state index contributed by atoms with van der Waals surface area (Å²) < 4.78 is 0.921. The van der Waals surface area contributed by atoms with Crippen LogP contribution in [0.4, 0.5) is 0 Å². The first-order chi connectivity index (χ1) is 12.5. The lowest BCUT2D eigenvalue weighted by molar-refractivity contribution is -0.872. The van der Waals surface area contributed by atoms with E-state index in [4.69, 9.17) is 0 Å². The molecule has 0 radical (unpaired) electrons. The first-order valence-corrected chi connectivity index (χ1v) is 9.41. The standard InChI is InChI=1S/C20H24BrN3O2/c1-24(2)14-17-6-4-3-5-16(17)13-23-19(25)11-12-22-20(26)15-7-9-18(21)10-8-15/h3-10H,11-14H2,1-2H3,(H,22,26)(H,23,25)/p+1. The predicted octanol–water partition coefficient (Wildman–Crippen LogP) is 1.53. The van der Waals surface area contributed by atoms with Gasteiger partial charge in [0.25, 0.3) is 5.91 Å². The Morgan fingerprint density at radius 2 is 1.62 bits per heavy atom. The number of hydrogen-bond donors (Lipinski definition) is 3. The third-order valence-electron chi connectivity index (χ3n) is 3.88. The van der Waals surface area contributed by atoms with Gasteiger partial charge in [-0.3, -0.25) is 9.59 Å². The molecule has 2 aromatic rings. The highest BCUT2D eigenvalue weighted by molar-refractivity contribution is 9.10. The van der Waals surface area contributed by atoms with Crippen LogP contribution in [0.1, 0.15) is 27.9 Å². The van der Waals surface area contributed by atoms with Crippen molar-refractivity contribution in [3.8, 4) is 0 Å². The van der Waals surface area contributed by atoms with Crippen molar-refractivity contribution in [1.29, 1.82) is 0 Å². The molecule has 3 N–H and O–H groups in total. The Bertz CT molecular complexity index is 745. The second-order valence-corrected chi connectivity index (χ2v) is 7.36. The van der Waals surface area contributed by atoms with E-state index in [0.29, 0.717) is 18.7 Å². The van der Waals surface area contributed by atoms with E-state index in [2.05, 4.69) is 46.7 Å². The summed E-state index contributed by atoms with van der Waals surface area (Å²) in [6, 6.07) is 15.2. The molecular formula is C20H25BrN3O2+. The molecule has 0 atom stereocenters. The van der Waals surface area contributed by atoms with Crippen molar-refractivity contribution in [2.75, 3.05) is 20.6 Å². The fraction of sp³-hybridized carbons (Fsp3) is 0.300. The van der Waals surface area contributed by atoms with Crippen molar-refractivity contribution in [2.24, 2.45) is 0 Å². The fourth-order valence-corrected chi connectivity index (χ4v) is 2.82. The van der Waals surface area contributed by atoms with E-state index in [9.17, 15) is 9.59 Å². The van der Waals surface area contributed by atoms with Crippen LogP contribution in [0.3, 0.4) is 0 Å². The maximum absolute atomic E-state index is 12.0. The Morgan fingerprint density at radius 1 is 0.962 bits per heavy atom. The molecule has 0 unspecified atom stereocenters. The van der Waals surface area contributed by atoms with Crippen LogP contribution in [-0.4, -0.2) is 32.5 Å². The van der Waals surface area contributed by atoms with Crippen molar-refractivity contribution >= 4 is 27.7 Å². The molecule has 0 aliphatic heterocycles. The summed E-state index contributed by atoms with van der Waals surface area (Å²) in [6.07, 6.45) is 0.253. The summed E-state index contributed by atoms with van der Waals surface area (Å²) >= 11 is 3.33. The minimum atomic E-state index is -0.176. The SMILES string of the molecule is C[NH+](C)Cc1ccccc1CNC(=O)CCNC(=O)c1ccc(Br)cc1. The molecule has 0 fully saturated rings. The third kappa shape index (κ3) is 6.61. The van der Waals surface area contributed by atoms with Crippen LogP contribution in [-0.2, 0) is 17.9 Å². The molecular weight excluding hydrogens is 394 g/mol. The van der Waals surface area contributed by atoms with Gasteiger partial charge in [0.1, 0.15) is 6.54 Å². The average Bonchev–Trinajstić information content (AvgIpc) is 2.61. The number of nitrogens with one attached hydrogen (secondary N) is 3. The first-order valence-electron chi connectivity index (χ1n) is 8.62. The van der Waals surface area contributed by atoms with E-state index < -0.39 is 0 Å². The molecule has 0 aromatic heterocycles. The molecule has 0 saturated heterocycles. The van der Waals surface area contributed by atoms with Crippen LogP contribution in [0.5, 0.6) is 0 Å². The van der Waals surface area contributed by atoms with Crippen molar-refractivity contribution in [2.45, 2.75) is 19.5 Å². The van der Waals surface area contributed by atoms with Gasteiger partial charge in [-0.25, -0.2) is 0 Å². The topological polar surface area (TPSA) is 62.6 Å². The zero-order valence-electron chi connectivity index (χ0n) is 15.1. The van der Waals surface area contributed by atoms with Crippen LogP contribution >= 0.6 is 15.9 Å². The van der Waals surface area contributed by atoms with E-state index in [0.717, 1.165) is 16.6 Å². The maximum atomic E-state index is 12.0. The lowest BCUT2D eigenvalue weighted by Crippen LogP contribution is -3.04. The lowest BCUT2D eigenvalue weighted by atomic mass is 10.1. The van der Waals surface area contributed by atoms with E-state index in [-0.39, 0.29) is 18.2 Å². The van der Waals surface area contributed by atoms with Crippen molar-refractivity contribution in [3.63, 3.8) is 0 Å². The van der Waals surface area contributed by atoms with Gasteiger partial charge in [-0.15, -0.1) is 0 Å². The number of rotatable bonds is 8. The number of amides is 2. The van der Waals surface area contributed by atoms with Crippen LogP contribution in [0.15, 0.2) is 53.0 Å². The third-order valence-corrected chi connectivity index (χ3v) is 4.41. The molecule has 0 aliphatic rings. The summed E-state index contributed by atoms with van der Waals surface area (Å²) in [4.78, 5) is 25.4. The zero-order chi connectivity index (χ0) is 18.9. The van der Waals surface area contributed by atoms with Gasteiger partial charge in [0.2, 0.25) is 5.91 Å². The molecule has 5 nitrogen and oxygen atoms in total. The summed E-state index contributed by atoms with van der Waals surface area (Å²) in [5, 5.41) is 5.69. The molecule has 0 spiro atoms. The Hall–Kier alpha value is -2.18. The van der Waals surface area contributed by atoms with E-state index in [1.165, 1.54) is 10.5 Å². The Labute approximate surface area is 162 Å². The molecule has 26 heavy (non-hydrogen) atoms. The number of halogens is 1. The highest BCUT2D eigenvalue weighted by atomic mass is 79.9. The van der Waals surface area contributed by atoms with Gasteiger partial charge in [-0.1, -0.05) is 40.2 Å². The molecule has 0 aliphatic carbocycles. The van der Waals surface area contributed by atoms with E-state index >= 15 is 0 Å². The van der Waals surface area contributed by atoms with E-state index in [1.807, 2.05) is 30.3 Å². The molecule has 0 heterocycles. The maximum Gasteiger partial charge on any atom is 0.251 e. The number of benzene rings is 2. The molecule has 6 heteroatoms. The summed E-state index contributed by atoms with van der Waals surface area (Å²) in [6.45, 7) is 1.72. The van der Waals surface area contributed by atoms with Crippen LogP contribution in [0.25, 0.3) is 0 Å². The molecule has 2 rings (SSSR count). The van der Waals surface area contributed by atoms with Crippen molar-refractivity contribution in [1.82, 2.24) is 10.6 Å². The normalized spacial score (nSPS) is 10.6. The van der Waals surface area contributed by atoms with Crippen LogP contribution in [0, 0.1) is 0 Å². The Morgan fingerprint density at radius 3 is 2.27 bits per heavy atom. The summed E-state index contributed by atoms with van der Waals surface area (Å²) in [5.74, 6) is -0.252. The predicted molar refractivity (Wildman–Crippen MR) is 106 cm³/mol. The average molecular weight is 419 g/mol. The van der Waals surface area contributed by atoms with Crippen molar-refractivity contribution < 1.29 is 14.5 Å². The number of carbonyl (C=O) groups excluding carboxylic acids is 2. The van der Waals surface area contributed by atoms with Gasteiger partial charge in [-0.2, -0.15) is 0 Å². The van der Waals surface area contributed by atoms with Gasteiger partial charge in [0.15, 0.2) is 0 Å². The summed E-state index contributed by atoms with van der Waals surface area (Å²) in [5.41, 5.74) is 2.94. The minimum absolute atomic E-state index is 0.0758. The summed E-state index contributed by atoms with van der Waals surface area (Å²) in [7, 11) is 4.20. The number of hydrogen-bond acceptors (Lipinski definition) is 2. The van der Waals surface area contributed by atoms with Crippen LogP contribution in [0.2, 0.25) is 0 Å². The Balaban J connectivity index is 1.76. The molecule has 0 bridgehead atoms. The second kappa shape index (κ2) is 10.1. The molecule has 2 amide bonds. The van der Waals surface area contributed by atoms with E-state index in [1.54, 1.807) is 12.1 Å². The first kappa shape index (κ1) is 20.1. The zero-order valence-corrected chi connectivity index (χ0v) is 16.7. The quantitative estimate of drug-likeness (QED) is 0.608.